The van der Waals surface area contributed by atoms with E-state index in [0.717, 1.165) is 5.56 Å². The van der Waals surface area contributed by atoms with Gasteiger partial charge in [0.15, 0.2) is 0 Å². The molecule has 2 N–H and O–H groups in total. The van der Waals surface area contributed by atoms with Gasteiger partial charge in [-0.1, -0.05) is 47.6 Å². The number of nitrogens with one attached hydrogen (secondary N) is 1. The lowest BCUT2D eigenvalue weighted by atomic mass is 9.70. The first-order valence-corrected chi connectivity index (χ1v) is 11.0. The minimum absolute atomic E-state index is 0.00997. The third-order valence-corrected chi connectivity index (χ3v) is 6.65. The minimum atomic E-state index is -0.868. The zero-order chi connectivity index (χ0) is 23.0. The molecule has 2 amide bonds. The van der Waals surface area contributed by atoms with Crippen LogP contribution >= 0.6 is 0 Å². The number of aliphatic hydroxyl groups excluding tert-OH is 1. The third kappa shape index (κ3) is 3.91. The maximum Gasteiger partial charge on any atom is 0.292 e. The van der Waals surface area contributed by atoms with Gasteiger partial charge in [0.1, 0.15) is 11.5 Å². The van der Waals surface area contributed by atoms with Crippen LogP contribution in [0.5, 0.6) is 0 Å². The number of rotatable bonds is 3. The number of amides is 2. The fourth-order valence-corrected chi connectivity index (χ4v) is 4.95. The van der Waals surface area contributed by atoms with E-state index in [9.17, 15) is 19.1 Å². The van der Waals surface area contributed by atoms with E-state index in [2.05, 4.69) is 10.5 Å². The molecule has 1 spiro atoms. The first kappa shape index (κ1) is 21.3. The lowest BCUT2D eigenvalue weighted by Crippen LogP contribution is -2.60. The van der Waals surface area contributed by atoms with Crippen LogP contribution in [0.3, 0.4) is 0 Å². The largest absolute Gasteiger partial charge is 0.391 e. The second kappa shape index (κ2) is 8.44. The number of likely N-dealkylation sites (tertiary alicyclic amines) is 1. The highest BCUT2D eigenvalue weighted by Crippen LogP contribution is 2.41. The Balaban J connectivity index is 1.33. The molecule has 2 aliphatic rings. The fourth-order valence-electron chi connectivity index (χ4n) is 4.95. The molecule has 2 fully saturated rings. The van der Waals surface area contributed by atoms with E-state index >= 15 is 0 Å². The molecule has 3 aromatic rings. The summed E-state index contributed by atoms with van der Waals surface area (Å²) in [5.74, 6) is -1.04. The van der Waals surface area contributed by atoms with Crippen LogP contribution in [0.1, 0.15) is 41.4 Å². The van der Waals surface area contributed by atoms with Crippen molar-refractivity contribution in [1.29, 1.82) is 0 Å². The predicted octanol–water partition coefficient (Wildman–Crippen LogP) is 3.33. The predicted molar refractivity (Wildman–Crippen MR) is 117 cm³/mol. The van der Waals surface area contributed by atoms with Gasteiger partial charge < -0.3 is 19.8 Å². The van der Waals surface area contributed by atoms with Crippen LogP contribution in [0.15, 0.2) is 65.2 Å². The summed E-state index contributed by atoms with van der Waals surface area (Å²) in [4.78, 5) is 27.9. The van der Waals surface area contributed by atoms with Gasteiger partial charge in [0.25, 0.3) is 5.91 Å². The van der Waals surface area contributed by atoms with E-state index in [1.54, 1.807) is 23.1 Å². The van der Waals surface area contributed by atoms with E-state index in [1.807, 2.05) is 30.3 Å². The number of aliphatic hydroxyl groups is 1. The lowest BCUT2D eigenvalue weighted by Gasteiger charge is -2.47. The maximum absolute atomic E-state index is 14.1. The van der Waals surface area contributed by atoms with E-state index in [-0.39, 0.29) is 35.9 Å². The fraction of sp³-hybridized carbons (Fsp3) is 0.320. The minimum Gasteiger partial charge on any atom is -0.391 e. The Hall–Kier alpha value is -3.52. The Morgan fingerprint density at radius 1 is 1.18 bits per heavy atom. The number of benzene rings is 2. The number of aromatic nitrogens is 1. The molecule has 2 aromatic carbocycles. The Bertz CT molecular complexity index is 1180. The van der Waals surface area contributed by atoms with Gasteiger partial charge in [-0.05, 0) is 37.0 Å². The zero-order valence-electron chi connectivity index (χ0n) is 17.9. The van der Waals surface area contributed by atoms with Crippen molar-refractivity contribution in [2.75, 3.05) is 13.1 Å². The van der Waals surface area contributed by atoms with Crippen molar-refractivity contribution in [3.05, 3.63) is 77.8 Å². The standard InChI is InChI=1S/C25H24FN3O4/c26-18-10-5-4-9-17(18)19-13-21(33-28-19)23(31)29-12-6-11-25(15-29)14-20(30)22(27-24(25)32)16-7-2-1-3-8-16/h1-5,7-10,13,20,22,30H,6,11-12,14-15H2,(H,27,32)/t20-,22+,25-/m1/s1. The van der Waals surface area contributed by atoms with Crippen molar-refractivity contribution < 1.29 is 23.6 Å². The van der Waals surface area contributed by atoms with E-state index < -0.39 is 29.3 Å². The van der Waals surface area contributed by atoms with Gasteiger partial charge in [-0.15, -0.1) is 0 Å². The van der Waals surface area contributed by atoms with Gasteiger partial charge in [-0.3, -0.25) is 9.59 Å². The number of carbonyl (C=O) groups excluding carboxylic acids is 2. The van der Waals surface area contributed by atoms with Crippen LogP contribution in [-0.4, -0.2) is 46.2 Å². The van der Waals surface area contributed by atoms with Gasteiger partial charge in [0.2, 0.25) is 11.7 Å². The van der Waals surface area contributed by atoms with Crippen LogP contribution < -0.4 is 5.32 Å². The van der Waals surface area contributed by atoms with Crippen LogP contribution in [-0.2, 0) is 4.79 Å². The van der Waals surface area contributed by atoms with Crippen LogP contribution in [0.25, 0.3) is 11.3 Å². The Morgan fingerprint density at radius 2 is 1.94 bits per heavy atom. The van der Waals surface area contributed by atoms with Crippen molar-refractivity contribution in [2.45, 2.75) is 31.4 Å². The molecule has 0 aliphatic carbocycles. The number of hydrogen-bond donors (Lipinski definition) is 2. The van der Waals surface area contributed by atoms with Crippen LogP contribution in [0, 0.1) is 11.2 Å². The summed E-state index contributed by atoms with van der Waals surface area (Å²) in [6.45, 7) is 0.633. The molecule has 7 nitrogen and oxygen atoms in total. The second-order valence-electron chi connectivity index (χ2n) is 8.80. The SMILES string of the molecule is O=C(c1cc(-c2ccccc2F)no1)N1CCC[C@@]2(C[C@@H](O)[C@H](c3ccccc3)NC2=O)C1. The second-order valence-corrected chi connectivity index (χ2v) is 8.80. The highest BCUT2D eigenvalue weighted by Gasteiger charge is 2.50. The smallest absolute Gasteiger partial charge is 0.292 e. The van der Waals surface area contributed by atoms with Gasteiger partial charge in [-0.2, -0.15) is 0 Å². The topological polar surface area (TPSA) is 95.7 Å². The average Bonchev–Trinajstić information content (AvgIpc) is 3.32. The number of hydrogen-bond acceptors (Lipinski definition) is 5. The molecule has 170 valence electrons. The van der Waals surface area contributed by atoms with Gasteiger partial charge in [0.05, 0.1) is 17.6 Å². The summed E-state index contributed by atoms with van der Waals surface area (Å²) in [6, 6.07) is 16.4. The van der Waals surface area contributed by atoms with E-state index in [1.165, 1.54) is 12.1 Å². The Kier molecular flexibility index (Phi) is 5.46. The van der Waals surface area contributed by atoms with Crippen molar-refractivity contribution in [2.24, 2.45) is 5.41 Å². The summed E-state index contributed by atoms with van der Waals surface area (Å²) in [7, 11) is 0. The molecule has 8 heteroatoms. The van der Waals surface area contributed by atoms with Crippen LogP contribution in [0.2, 0.25) is 0 Å². The molecule has 0 saturated carbocycles. The molecule has 2 aliphatic heterocycles. The zero-order valence-corrected chi connectivity index (χ0v) is 17.9. The first-order valence-electron chi connectivity index (χ1n) is 11.0. The van der Waals surface area contributed by atoms with Crippen LogP contribution in [0.4, 0.5) is 4.39 Å². The molecule has 3 atom stereocenters. The summed E-state index contributed by atoms with van der Waals surface area (Å²) in [5.41, 5.74) is 0.462. The highest BCUT2D eigenvalue weighted by molar-refractivity contribution is 5.93. The van der Waals surface area contributed by atoms with Crippen molar-refractivity contribution in [3.63, 3.8) is 0 Å². The first-order chi connectivity index (χ1) is 16.0. The molecular weight excluding hydrogens is 425 g/mol. The molecule has 0 bridgehead atoms. The maximum atomic E-state index is 14.1. The van der Waals surface area contributed by atoms with Crippen molar-refractivity contribution in [3.8, 4) is 11.3 Å². The molecule has 0 radical (unpaired) electrons. The van der Waals surface area contributed by atoms with Crippen molar-refractivity contribution in [1.82, 2.24) is 15.4 Å². The molecule has 5 rings (SSSR count). The molecule has 2 saturated heterocycles. The number of carbonyl (C=O) groups is 2. The summed E-state index contributed by atoms with van der Waals surface area (Å²) in [6.07, 6.45) is 0.700. The normalized spacial score (nSPS) is 25.2. The number of piperidine rings is 2. The number of nitrogens with zero attached hydrogens (tertiary/aromatic N) is 2. The number of halogens is 1. The van der Waals surface area contributed by atoms with Gasteiger partial charge >= 0.3 is 0 Å². The van der Waals surface area contributed by atoms with E-state index in [4.69, 9.17) is 4.52 Å². The highest BCUT2D eigenvalue weighted by atomic mass is 19.1. The van der Waals surface area contributed by atoms with Gasteiger partial charge in [-0.25, -0.2) is 4.39 Å². The molecule has 3 heterocycles. The average molecular weight is 449 g/mol. The molecule has 0 unspecified atom stereocenters. The van der Waals surface area contributed by atoms with Crippen molar-refractivity contribution >= 4 is 11.8 Å². The lowest BCUT2D eigenvalue weighted by molar-refractivity contribution is -0.144. The van der Waals surface area contributed by atoms with Gasteiger partial charge in [0, 0.05) is 24.7 Å². The Morgan fingerprint density at radius 3 is 2.73 bits per heavy atom. The monoisotopic (exact) mass is 449 g/mol. The van der Waals surface area contributed by atoms with E-state index in [0.29, 0.717) is 19.4 Å². The molecule has 1 aromatic heterocycles. The molecular formula is C25H24FN3O4. The third-order valence-electron chi connectivity index (χ3n) is 6.65. The summed E-state index contributed by atoms with van der Waals surface area (Å²) >= 11 is 0. The quantitative estimate of drug-likeness (QED) is 0.640. The summed E-state index contributed by atoms with van der Waals surface area (Å²) < 4.78 is 19.3. The Labute approximate surface area is 190 Å². The molecule has 33 heavy (non-hydrogen) atoms. The summed E-state index contributed by atoms with van der Waals surface area (Å²) in [5, 5.41) is 17.7.